The van der Waals surface area contributed by atoms with Crippen LogP contribution in [-0.4, -0.2) is 18.5 Å². The Morgan fingerprint density at radius 2 is 2.06 bits per heavy atom. The van der Waals surface area contributed by atoms with Crippen LogP contribution >= 0.6 is 0 Å². The van der Waals surface area contributed by atoms with E-state index < -0.39 is 0 Å². The fourth-order valence-electron chi connectivity index (χ4n) is 1.75. The Bertz CT molecular complexity index is 387. The van der Waals surface area contributed by atoms with Crippen LogP contribution in [0.5, 0.6) is 0 Å². The number of anilines is 1. The molecule has 17 heavy (non-hydrogen) atoms. The Balaban J connectivity index is 1.74. The third-order valence-electron chi connectivity index (χ3n) is 3.04. The second kappa shape index (κ2) is 5.27. The van der Waals surface area contributed by atoms with Gasteiger partial charge < -0.3 is 10.6 Å². The highest BCUT2D eigenvalue weighted by atomic mass is 19.1. The Kier molecular flexibility index (Phi) is 3.74. The number of hydrogen-bond acceptors (Lipinski definition) is 2. The van der Waals surface area contributed by atoms with E-state index in [4.69, 9.17) is 0 Å². The van der Waals surface area contributed by atoms with Gasteiger partial charge in [-0.05, 0) is 49.9 Å². The monoisotopic (exact) mass is 236 g/mol. The quantitative estimate of drug-likeness (QED) is 0.822. The van der Waals surface area contributed by atoms with Crippen LogP contribution in [0, 0.1) is 11.7 Å². The maximum atomic E-state index is 12.6. The van der Waals surface area contributed by atoms with Crippen molar-refractivity contribution in [2.24, 2.45) is 5.92 Å². The molecule has 1 fully saturated rings. The van der Waals surface area contributed by atoms with Crippen LogP contribution in [0.1, 0.15) is 19.8 Å². The molecule has 2 N–H and O–H groups in total. The lowest BCUT2D eigenvalue weighted by Gasteiger charge is -2.12. The molecule has 1 aromatic carbocycles. The van der Waals surface area contributed by atoms with Crippen LogP contribution in [0.15, 0.2) is 24.3 Å². The third kappa shape index (κ3) is 3.82. The normalized spacial score (nSPS) is 16.6. The van der Waals surface area contributed by atoms with E-state index in [0.717, 1.165) is 5.92 Å². The zero-order valence-corrected chi connectivity index (χ0v) is 9.87. The lowest BCUT2D eigenvalue weighted by molar-refractivity contribution is -0.115. The van der Waals surface area contributed by atoms with Gasteiger partial charge in [0.1, 0.15) is 5.82 Å². The zero-order valence-electron chi connectivity index (χ0n) is 9.87. The molecule has 0 aromatic heterocycles. The molecule has 1 aliphatic carbocycles. The van der Waals surface area contributed by atoms with Gasteiger partial charge in [0.05, 0.1) is 6.54 Å². The van der Waals surface area contributed by atoms with Gasteiger partial charge in [-0.25, -0.2) is 4.39 Å². The lowest BCUT2D eigenvalue weighted by atomic mass is 10.2. The second-order valence-electron chi connectivity index (χ2n) is 4.56. The smallest absolute Gasteiger partial charge is 0.238 e. The summed E-state index contributed by atoms with van der Waals surface area (Å²) in [5, 5.41) is 5.91. The first-order chi connectivity index (χ1) is 8.15. The highest BCUT2D eigenvalue weighted by Gasteiger charge is 2.27. The Labute approximate surface area is 100 Å². The summed E-state index contributed by atoms with van der Waals surface area (Å²) in [5.41, 5.74) is 0.622. The van der Waals surface area contributed by atoms with Gasteiger partial charge in [0.2, 0.25) is 5.91 Å². The van der Waals surface area contributed by atoms with E-state index in [9.17, 15) is 9.18 Å². The third-order valence-corrected chi connectivity index (χ3v) is 3.04. The molecule has 1 atom stereocenters. The van der Waals surface area contributed by atoms with E-state index in [0.29, 0.717) is 18.3 Å². The number of halogens is 1. The summed E-state index contributed by atoms with van der Waals surface area (Å²) >= 11 is 0. The minimum atomic E-state index is -0.302. The van der Waals surface area contributed by atoms with Gasteiger partial charge in [-0.15, -0.1) is 0 Å². The highest BCUT2D eigenvalue weighted by molar-refractivity contribution is 5.92. The number of carbonyl (C=O) groups is 1. The van der Waals surface area contributed by atoms with Crippen molar-refractivity contribution in [3.8, 4) is 0 Å². The first kappa shape index (κ1) is 12.0. The number of amides is 1. The number of hydrogen-bond donors (Lipinski definition) is 2. The summed E-state index contributed by atoms with van der Waals surface area (Å²) in [4.78, 5) is 11.6. The number of nitrogens with one attached hydrogen (secondary N) is 2. The largest absolute Gasteiger partial charge is 0.325 e. The number of carbonyl (C=O) groups excluding carboxylic acids is 1. The molecule has 0 radical (unpaired) electrons. The average Bonchev–Trinajstić information content (AvgIpc) is 3.13. The summed E-state index contributed by atoms with van der Waals surface area (Å²) in [7, 11) is 0. The molecular formula is C13H17FN2O. The summed E-state index contributed by atoms with van der Waals surface area (Å²) < 4.78 is 12.6. The molecule has 0 spiro atoms. The minimum absolute atomic E-state index is 0.0934. The maximum absolute atomic E-state index is 12.6. The molecule has 0 heterocycles. The predicted molar refractivity (Wildman–Crippen MR) is 65.2 cm³/mol. The van der Waals surface area contributed by atoms with Gasteiger partial charge in [0.15, 0.2) is 0 Å². The topological polar surface area (TPSA) is 41.1 Å². The van der Waals surface area contributed by atoms with Crippen molar-refractivity contribution in [2.75, 3.05) is 11.9 Å². The lowest BCUT2D eigenvalue weighted by Crippen LogP contribution is -2.35. The van der Waals surface area contributed by atoms with Crippen molar-refractivity contribution in [1.29, 1.82) is 0 Å². The first-order valence-electron chi connectivity index (χ1n) is 5.94. The van der Waals surface area contributed by atoms with E-state index in [2.05, 4.69) is 17.6 Å². The molecular weight excluding hydrogens is 219 g/mol. The predicted octanol–water partition coefficient (Wildman–Crippen LogP) is 2.15. The van der Waals surface area contributed by atoms with Crippen LogP contribution in [0.25, 0.3) is 0 Å². The summed E-state index contributed by atoms with van der Waals surface area (Å²) in [6.45, 7) is 2.40. The van der Waals surface area contributed by atoms with Crippen LogP contribution in [0.3, 0.4) is 0 Å². The summed E-state index contributed by atoms with van der Waals surface area (Å²) in [6, 6.07) is 6.16. The van der Waals surface area contributed by atoms with Crippen LogP contribution < -0.4 is 10.6 Å². The van der Waals surface area contributed by atoms with Crippen molar-refractivity contribution in [3.63, 3.8) is 0 Å². The standard InChI is InChI=1S/C13H17FN2O/c1-9(10-2-3-10)15-8-13(17)16-12-6-4-11(14)5-7-12/h4-7,9-10,15H,2-3,8H2,1H3,(H,16,17). The Morgan fingerprint density at radius 3 is 2.65 bits per heavy atom. The minimum Gasteiger partial charge on any atom is -0.325 e. The Morgan fingerprint density at radius 1 is 1.41 bits per heavy atom. The maximum Gasteiger partial charge on any atom is 0.238 e. The molecule has 92 valence electrons. The summed E-state index contributed by atoms with van der Waals surface area (Å²) in [6.07, 6.45) is 2.52. The van der Waals surface area contributed by atoms with Gasteiger partial charge >= 0.3 is 0 Å². The number of benzene rings is 1. The molecule has 0 bridgehead atoms. The van der Waals surface area contributed by atoms with Crippen LogP contribution in [0.4, 0.5) is 10.1 Å². The van der Waals surface area contributed by atoms with Crippen molar-refractivity contribution in [2.45, 2.75) is 25.8 Å². The molecule has 2 rings (SSSR count). The zero-order chi connectivity index (χ0) is 12.3. The van der Waals surface area contributed by atoms with Crippen molar-refractivity contribution < 1.29 is 9.18 Å². The molecule has 0 aliphatic heterocycles. The molecule has 1 aromatic rings. The average molecular weight is 236 g/mol. The molecule has 1 saturated carbocycles. The van der Waals surface area contributed by atoms with Gasteiger partial charge in [-0.1, -0.05) is 0 Å². The van der Waals surface area contributed by atoms with E-state index >= 15 is 0 Å². The molecule has 0 saturated heterocycles. The summed E-state index contributed by atoms with van der Waals surface area (Å²) in [5.74, 6) is 0.334. The van der Waals surface area contributed by atoms with Gasteiger partial charge in [-0.2, -0.15) is 0 Å². The second-order valence-corrected chi connectivity index (χ2v) is 4.56. The van der Waals surface area contributed by atoms with E-state index in [1.54, 1.807) is 12.1 Å². The van der Waals surface area contributed by atoms with Gasteiger partial charge in [-0.3, -0.25) is 4.79 Å². The van der Waals surface area contributed by atoms with E-state index in [-0.39, 0.29) is 11.7 Å². The molecule has 3 nitrogen and oxygen atoms in total. The first-order valence-corrected chi connectivity index (χ1v) is 5.94. The molecule has 4 heteroatoms. The van der Waals surface area contributed by atoms with Crippen molar-refractivity contribution >= 4 is 11.6 Å². The van der Waals surface area contributed by atoms with E-state index in [1.165, 1.54) is 25.0 Å². The van der Waals surface area contributed by atoms with E-state index in [1.807, 2.05) is 0 Å². The van der Waals surface area contributed by atoms with Crippen molar-refractivity contribution in [3.05, 3.63) is 30.1 Å². The molecule has 1 unspecified atom stereocenters. The van der Waals surface area contributed by atoms with Crippen molar-refractivity contribution in [1.82, 2.24) is 5.32 Å². The van der Waals surface area contributed by atoms with Crippen LogP contribution in [-0.2, 0) is 4.79 Å². The molecule has 1 amide bonds. The highest BCUT2D eigenvalue weighted by Crippen LogP contribution is 2.32. The fourth-order valence-corrected chi connectivity index (χ4v) is 1.75. The fraction of sp³-hybridized carbons (Fsp3) is 0.462. The number of rotatable bonds is 5. The molecule has 1 aliphatic rings. The SMILES string of the molecule is CC(NCC(=O)Nc1ccc(F)cc1)C1CC1. The Hall–Kier alpha value is -1.42. The van der Waals surface area contributed by atoms with Crippen LogP contribution in [0.2, 0.25) is 0 Å². The van der Waals surface area contributed by atoms with Gasteiger partial charge in [0.25, 0.3) is 0 Å². The van der Waals surface area contributed by atoms with Gasteiger partial charge in [0, 0.05) is 11.7 Å².